The van der Waals surface area contributed by atoms with Gasteiger partial charge in [-0.05, 0) is 42.0 Å². The lowest BCUT2D eigenvalue weighted by atomic mass is 9.93. The zero-order valence-corrected chi connectivity index (χ0v) is 28.4. The Hall–Kier alpha value is -4.98. The number of nitrogens with zero attached hydrogens (tertiary/aromatic N) is 2. The van der Waals surface area contributed by atoms with Gasteiger partial charge >= 0.3 is 0 Å². The van der Waals surface area contributed by atoms with Gasteiger partial charge in [-0.3, -0.25) is 28.8 Å². The number of carbonyl (C=O) groups is 6. The minimum atomic E-state index is -1.31. The number of hydrogen-bond donors (Lipinski definition) is 5. The largest absolute Gasteiger partial charge is 0.484 e. The molecule has 5 rings (SSSR count). The highest BCUT2D eigenvalue weighted by Gasteiger charge is 2.41. The third-order valence-corrected chi connectivity index (χ3v) is 9.28. The number of fused-ring (bicyclic) bond motifs is 4. The summed E-state index contributed by atoms with van der Waals surface area (Å²) >= 11 is 0. The highest BCUT2D eigenvalue weighted by molar-refractivity contribution is 5.93. The lowest BCUT2D eigenvalue weighted by Crippen LogP contribution is -2.56. The number of aliphatic hydroxyl groups excluding tert-OH is 1. The van der Waals surface area contributed by atoms with Gasteiger partial charge in [0.2, 0.25) is 29.5 Å². The number of hydrogen-bond acceptors (Lipinski definition) is 8. The maximum Gasteiger partial charge on any atom is 0.258 e. The summed E-state index contributed by atoms with van der Waals surface area (Å²) in [4.78, 5) is 82.5. The fourth-order valence-corrected chi connectivity index (χ4v) is 6.55. The molecular weight excluding hydrogens is 644 g/mol. The minimum absolute atomic E-state index is 0.158. The van der Waals surface area contributed by atoms with Crippen molar-refractivity contribution in [1.82, 2.24) is 31.1 Å². The molecule has 2 bridgehead atoms. The van der Waals surface area contributed by atoms with E-state index in [9.17, 15) is 33.9 Å². The number of rotatable bonds is 7. The molecule has 3 aliphatic rings. The van der Waals surface area contributed by atoms with Crippen molar-refractivity contribution in [2.75, 3.05) is 39.4 Å². The van der Waals surface area contributed by atoms with Gasteiger partial charge in [0.15, 0.2) is 6.61 Å². The summed E-state index contributed by atoms with van der Waals surface area (Å²) in [6.07, 6.45) is 1.37. The standard InChI is InChI=1S/C36H46N6O8/c1-22(2)13-14-41-19-32(45)38-28(15-23-7-4-3-5-8-23)34(47)40-29-18-42(35(48)27-11-12-31(44)37-27)17-26(29)24-9-6-10-25(16-24)50-21-33(46)39-30(20-43)36(41)49/h3-10,16,22,26-30,43H,11-15,17-21H2,1-2H3,(H,37,44)(H,38,45)(H,39,46)(H,40,47)/t26-,27+,28-,29+,30-/m0/s1. The number of likely N-dealkylation sites (tertiary alicyclic amines) is 1. The van der Waals surface area contributed by atoms with Crippen LogP contribution in [0.5, 0.6) is 5.75 Å². The van der Waals surface area contributed by atoms with Gasteiger partial charge in [0.25, 0.3) is 5.91 Å². The molecule has 0 spiro atoms. The van der Waals surface area contributed by atoms with Crippen LogP contribution in [0.2, 0.25) is 0 Å². The first-order chi connectivity index (χ1) is 24.0. The zero-order chi connectivity index (χ0) is 35.8. The van der Waals surface area contributed by atoms with E-state index in [0.29, 0.717) is 18.6 Å². The van der Waals surface area contributed by atoms with Gasteiger partial charge < -0.3 is 40.9 Å². The summed E-state index contributed by atoms with van der Waals surface area (Å²) in [7, 11) is 0. The Morgan fingerprint density at radius 2 is 1.66 bits per heavy atom. The van der Waals surface area contributed by atoms with Crippen molar-refractivity contribution in [3.63, 3.8) is 0 Å². The van der Waals surface area contributed by atoms with Crippen molar-refractivity contribution in [3.05, 3.63) is 65.7 Å². The van der Waals surface area contributed by atoms with Gasteiger partial charge in [-0.1, -0.05) is 56.3 Å². The van der Waals surface area contributed by atoms with E-state index in [-0.39, 0.29) is 56.1 Å². The maximum atomic E-state index is 14.1. The molecule has 0 aliphatic carbocycles. The Kier molecular flexibility index (Phi) is 12.1. The van der Waals surface area contributed by atoms with Crippen molar-refractivity contribution >= 4 is 35.4 Å². The van der Waals surface area contributed by atoms with Crippen LogP contribution in [-0.2, 0) is 35.2 Å². The van der Waals surface area contributed by atoms with Gasteiger partial charge in [-0.2, -0.15) is 0 Å². The Morgan fingerprint density at radius 3 is 2.36 bits per heavy atom. The van der Waals surface area contributed by atoms with Crippen LogP contribution < -0.4 is 26.0 Å². The van der Waals surface area contributed by atoms with Crippen molar-refractivity contribution in [3.8, 4) is 5.75 Å². The number of benzene rings is 2. The molecule has 3 heterocycles. The normalized spacial score (nSPS) is 25.1. The number of carbonyl (C=O) groups excluding carboxylic acids is 6. The molecular formula is C36H46N6O8. The molecule has 0 aromatic heterocycles. The van der Waals surface area contributed by atoms with E-state index < -0.39 is 67.6 Å². The zero-order valence-electron chi connectivity index (χ0n) is 28.4. The van der Waals surface area contributed by atoms with Crippen LogP contribution in [0.1, 0.15) is 50.2 Å². The van der Waals surface area contributed by atoms with Gasteiger partial charge in [0.05, 0.1) is 19.2 Å². The smallest absolute Gasteiger partial charge is 0.258 e. The number of amides is 6. The number of aliphatic hydroxyl groups is 1. The summed E-state index contributed by atoms with van der Waals surface area (Å²) in [5, 5.41) is 21.2. The molecule has 14 nitrogen and oxygen atoms in total. The first-order valence-electron chi connectivity index (χ1n) is 17.1. The van der Waals surface area contributed by atoms with E-state index in [0.717, 1.165) is 11.1 Å². The third kappa shape index (κ3) is 9.37. The average Bonchev–Trinajstić information content (AvgIpc) is 3.73. The van der Waals surface area contributed by atoms with Crippen molar-refractivity contribution in [1.29, 1.82) is 0 Å². The second kappa shape index (κ2) is 16.6. The molecule has 5 atom stereocenters. The highest BCUT2D eigenvalue weighted by atomic mass is 16.5. The van der Waals surface area contributed by atoms with E-state index in [1.165, 1.54) is 4.90 Å². The van der Waals surface area contributed by atoms with E-state index in [1.807, 2.05) is 50.2 Å². The lowest BCUT2D eigenvalue weighted by molar-refractivity contribution is -0.141. The van der Waals surface area contributed by atoms with Gasteiger partial charge in [-0.25, -0.2) is 0 Å². The fraction of sp³-hybridized carbons (Fsp3) is 0.500. The molecule has 6 amide bonds. The number of nitrogens with one attached hydrogen (secondary N) is 4. The molecule has 3 aliphatic heterocycles. The lowest BCUT2D eigenvalue weighted by Gasteiger charge is -2.29. The molecule has 50 heavy (non-hydrogen) atoms. The SMILES string of the molecule is CC(C)CCN1CC(=O)N[C@@H](Cc2ccccc2)C(=O)N[C@@H]2CN(C(=O)[C@H]3CCC(=O)N3)C[C@H]2c2cccc(c2)OCC(=O)N[C@@H](CO)C1=O. The summed E-state index contributed by atoms with van der Waals surface area (Å²) in [5.41, 5.74) is 1.54. The number of ether oxygens (including phenoxy) is 1. The van der Waals surface area contributed by atoms with Crippen LogP contribution in [0, 0.1) is 5.92 Å². The van der Waals surface area contributed by atoms with E-state index >= 15 is 0 Å². The Bertz CT molecular complexity index is 1570. The van der Waals surface area contributed by atoms with E-state index in [1.54, 1.807) is 23.1 Å². The second-order valence-electron chi connectivity index (χ2n) is 13.5. The Morgan fingerprint density at radius 1 is 0.900 bits per heavy atom. The maximum absolute atomic E-state index is 14.1. The molecule has 2 saturated heterocycles. The van der Waals surface area contributed by atoms with Crippen LogP contribution in [0.3, 0.4) is 0 Å². The second-order valence-corrected chi connectivity index (χ2v) is 13.5. The van der Waals surface area contributed by atoms with E-state index in [4.69, 9.17) is 4.74 Å². The molecule has 2 aromatic carbocycles. The van der Waals surface area contributed by atoms with Crippen LogP contribution in [0.15, 0.2) is 54.6 Å². The van der Waals surface area contributed by atoms with Crippen LogP contribution in [0.4, 0.5) is 0 Å². The van der Waals surface area contributed by atoms with Crippen molar-refractivity contribution < 1.29 is 38.6 Å². The summed E-state index contributed by atoms with van der Waals surface area (Å²) in [6.45, 7) is 3.00. The van der Waals surface area contributed by atoms with Gasteiger partial charge in [0, 0.05) is 38.4 Å². The predicted molar refractivity (Wildman–Crippen MR) is 181 cm³/mol. The third-order valence-electron chi connectivity index (χ3n) is 9.28. The molecule has 0 saturated carbocycles. The topological polar surface area (TPSA) is 186 Å². The molecule has 268 valence electrons. The summed E-state index contributed by atoms with van der Waals surface area (Å²) < 4.78 is 5.78. The predicted octanol–water partition coefficient (Wildman–Crippen LogP) is -0.152. The van der Waals surface area contributed by atoms with Crippen molar-refractivity contribution in [2.24, 2.45) is 5.92 Å². The quantitative estimate of drug-likeness (QED) is 0.265. The molecule has 2 aromatic rings. The molecule has 0 unspecified atom stereocenters. The highest BCUT2D eigenvalue weighted by Crippen LogP contribution is 2.31. The molecule has 2 fully saturated rings. The van der Waals surface area contributed by atoms with E-state index in [2.05, 4.69) is 21.3 Å². The van der Waals surface area contributed by atoms with Crippen molar-refractivity contribution in [2.45, 2.75) is 69.6 Å². The van der Waals surface area contributed by atoms with Crippen LogP contribution in [0.25, 0.3) is 0 Å². The fourth-order valence-electron chi connectivity index (χ4n) is 6.55. The van der Waals surface area contributed by atoms with Crippen LogP contribution >= 0.6 is 0 Å². The first kappa shape index (κ1) is 36.3. The van der Waals surface area contributed by atoms with Gasteiger partial charge in [-0.15, -0.1) is 0 Å². The first-order valence-corrected chi connectivity index (χ1v) is 17.1. The molecule has 14 heteroatoms. The molecule has 5 N–H and O–H groups in total. The summed E-state index contributed by atoms with van der Waals surface area (Å²) in [6, 6.07) is 12.6. The van der Waals surface area contributed by atoms with Crippen LogP contribution in [-0.4, -0.2) is 114 Å². The average molecular weight is 691 g/mol. The summed E-state index contributed by atoms with van der Waals surface area (Å²) in [5.74, 6) is -2.58. The van der Waals surface area contributed by atoms with Gasteiger partial charge in [0.1, 0.15) is 23.9 Å². The minimum Gasteiger partial charge on any atom is -0.484 e. The molecule has 0 radical (unpaired) electrons. The monoisotopic (exact) mass is 690 g/mol. The Balaban J connectivity index is 1.48. The Labute approximate surface area is 291 Å².